The van der Waals surface area contributed by atoms with Crippen LogP contribution < -0.4 is 11.1 Å². The average Bonchev–Trinajstić information content (AvgIpc) is 2.88. The third kappa shape index (κ3) is 2.90. The fraction of sp³-hybridized carbons (Fsp3) is 0.500. The highest BCUT2D eigenvalue weighted by molar-refractivity contribution is 5.90. The molecule has 20 heavy (non-hydrogen) atoms. The normalized spacial score (nSPS) is 21.8. The third-order valence-corrected chi connectivity index (χ3v) is 3.76. The number of anilines is 1. The first kappa shape index (κ1) is 14.7. The molecule has 0 aliphatic heterocycles. The Bertz CT molecular complexity index is 508. The molecule has 0 aromatic heterocycles. The highest BCUT2D eigenvalue weighted by atomic mass is 19.1. The second-order valence-corrected chi connectivity index (χ2v) is 4.98. The molecular weight excluding hydrogens is 266 g/mol. The summed E-state index contributed by atoms with van der Waals surface area (Å²) >= 11 is 0. The molecule has 110 valence electrons. The van der Waals surface area contributed by atoms with Crippen LogP contribution in [-0.2, 0) is 4.74 Å². The zero-order chi connectivity index (χ0) is 14.7. The number of benzene rings is 1. The predicted molar refractivity (Wildman–Crippen MR) is 71.5 cm³/mol. The first-order chi connectivity index (χ1) is 9.56. The summed E-state index contributed by atoms with van der Waals surface area (Å²) in [6.45, 7) is 0.518. The van der Waals surface area contributed by atoms with Crippen LogP contribution in [0.2, 0.25) is 0 Å². The predicted octanol–water partition coefficient (Wildman–Crippen LogP) is 2.29. The smallest absolute Gasteiger partial charge is 0.340 e. The van der Waals surface area contributed by atoms with E-state index in [9.17, 15) is 13.6 Å². The number of methoxy groups -OCH3 is 1. The number of esters is 1. The van der Waals surface area contributed by atoms with Crippen molar-refractivity contribution in [3.63, 3.8) is 0 Å². The number of hydrogen-bond acceptors (Lipinski definition) is 4. The van der Waals surface area contributed by atoms with E-state index in [0.717, 1.165) is 32.4 Å². The first-order valence-corrected chi connectivity index (χ1v) is 6.60. The van der Waals surface area contributed by atoms with Crippen LogP contribution >= 0.6 is 0 Å². The Morgan fingerprint density at radius 1 is 1.40 bits per heavy atom. The Balaban J connectivity index is 2.25. The number of nitrogens with two attached hydrogens (primary N) is 1. The summed E-state index contributed by atoms with van der Waals surface area (Å²) < 4.78 is 31.8. The Morgan fingerprint density at radius 3 is 2.80 bits per heavy atom. The molecule has 2 unspecified atom stereocenters. The zero-order valence-corrected chi connectivity index (χ0v) is 11.3. The molecule has 1 aliphatic carbocycles. The van der Waals surface area contributed by atoms with Crippen molar-refractivity contribution in [1.82, 2.24) is 0 Å². The van der Waals surface area contributed by atoms with Crippen LogP contribution in [0.3, 0.4) is 0 Å². The van der Waals surface area contributed by atoms with Gasteiger partial charge in [-0.2, -0.15) is 0 Å². The largest absolute Gasteiger partial charge is 0.465 e. The van der Waals surface area contributed by atoms with Crippen LogP contribution in [-0.4, -0.2) is 25.7 Å². The molecule has 4 nitrogen and oxygen atoms in total. The van der Waals surface area contributed by atoms with Gasteiger partial charge >= 0.3 is 5.97 Å². The molecule has 0 amide bonds. The Morgan fingerprint density at radius 2 is 2.15 bits per heavy atom. The Hall–Kier alpha value is -1.69. The van der Waals surface area contributed by atoms with E-state index in [1.54, 1.807) is 0 Å². The van der Waals surface area contributed by atoms with Crippen LogP contribution in [0.1, 0.15) is 29.6 Å². The van der Waals surface area contributed by atoms with Crippen molar-refractivity contribution in [1.29, 1.82) is 0 Å². The van der Waals surface area contributed by atoms with Crippen molar-refractivity contribution < 1.29 is 18.3 Å². The number of ether oxygens (including phenoxy) is 1. The highest BCUT2D eigenvalue weighted by Crippen LogP contribution is 2.29. The van der Waals surface area contributed by atoms with E-state index in [-0.39, 0.29) is 23.2 Å². The maximum atomic E-state index is 13.8. The van der Waals surface area contributed by atoms with Gasteiger partial charge < -0.3 is 15.8 Å². The Labute approximate surface area is 116 Å². The molecular formula is C14H18F2N2O2. The third-order valence-electron chi connectivity index (χ3n) is 3.76. The standard InChI is InChI=1S/C14H18F2N2O2/c1-20-14(19)9-5-13(11(16)6-10(9)15)18-12-4-2-3-8(12)7-17/h5-6,8,12,18H,2-4,7,17H2,1H3. The molecule has 1 fully saturated rings. The highest BCUT2D eigenvalue weighted by Gasteiger charge is 2.27. The lowest BCUT2D eigenvalue weighted by atomic mass is 10.0. The van der Waals surface area contributed by atoms with E-state index >= 15 is 0 Å². The number of hydrogen-bond donors (Lipinski definition) is 2. The molecule has 3 N–H and O–H groups in total. The van der Waals surface area contributed by atoms with Crippen molar-refractivity contribution in [2.45, 2.75) is 25.3 Å². The van der Waals surface area contributed by atoms with Gasteiger partial charge in [-0.05, 0) is 31.4 Å². The maximum absolute atomic E-state index is 13.8. The van der Waals surface area contributed by atoms with Crippen LogP contribution in [0.4, 0.5) is 14.5 Å². The molecule has 0 radical (unpaired) electrons. The van der Waals surface area contributed by atoms with Crippen molar-refractivity contribution >= 4 is 11.7 Å². The zero-order valence-electron chi connectivity index (χ0n) is 11.3. The molecule has 0 heterocycles. The molecule has 6 heteroatoms. The van der Waals surface area contributed by atoms with Crippen molar-refractivity contribution in [2.24, 2.45) is 11.7 Å². The van der Waals surface area contributed by atoms with E-state index in [1.807, 2.05) is 0 Å². The minimum absolute atomic E-state index is 0.0467. The fourth-order valence-corrected chi connectivity index (χ4v) is 2.63. The van der Waals surface area contributed by atoms with Gasteiger partial charge in [0, 0.05) is 12.1 Å². The van der Waals surface area contributed by atoms with Crippen LogP contribution in [0.15, 0.2) is 12.1 Å². The SMILES string of the molecule is COC(=O)c1cc(NC2CCCC2CN)c(F)cc1F. The first-order valence-electron chi connectivity index (χ1n) is 6.60. The van der Waals surface area contributed by atoms with Crippen LogP contribution in [0.5, 0.6) is 0 Å². The number of nitrogens with one attached hydrogen (secondary N) is 1. The lowest BCUT2D eigenvalue weighted by Gasteiger charge is -2.21. The van der Waals surface area contributed by atoms with E-state index in [1.165, 1.54) is 0 Å². The Kier molecular flexibility index (Phi) is 4.54. The van der Waals surface area contributed by atoms with Gasteiger partial charge in [-0.3, -0.25) is 0 Å². The molecule has 1 aromatic carbocycles. The van der Waals surface area contributed by atoms with Gasteiger partial charge in [0.25, 0.3) is 0 Å². The van der Waals surface area contributed by atoms with E-state index in [2.05, 4.69) is 10.1 Å². The summed E-state index contributed by atoms with van der Waals surface area (Å²) in [4.78, 5) is 11.4. The minimum atomic E-state index is -0.929. The van der Waals surface area contributed by atoms with Gasteiger partial charge in [0.2, 0.25) is 0 Å². The molecule has 0 bridgehead atoms. The van der Waals surface area contributed by atoms with E-state index in [0.29, 0.717) is 12.6 Å². The molecule has 1 saturated carbocycles. The molecule has 1 aromatic rings. The van der Waals surface area contributed by atoms with Crippen LogP contribution in [0, 0.1) is 17.6 Å². The summed E-state index contributed by atoms with van der Waals surface area (Å²) in [5.74, 6) is -2.21. The lowest BCUT2D eigenvalue weighted by molar-refractivity contribution is 0.0595. The second kappa shape index (κ2) is 6.17. The summed E-state index contributed by atoms with van der Waals surface area (Å²) in [5.41, 5.74) is 5.50. The average molecular weight is 284 g/mol. The van der Waals surface area contributed by atoms with Crippen molar-refractivity contribution in [3.05, 3.63) is 29.3 Å². The number of carbonyl (C=O) groups excluding carboxylic acids is 1. The molecule has 0 spiro atoms. The van der Waals surface area contributed by atoms with Gasteiger partial charge in [-0.25, -0.2) is 13.6 Å². The topological polar surface area (TPSA) is 64.3 Å². The van der Waals surface area contributed by atoms with E-state index < -0.39 is 17.6 Å². The molecule has 1 aliphatic rings. The fourth-order valence-electron chi connectivity index (χ4n) is 2.63. The van der Waals surface area contributed by atoms with Gasteiger partial charge in [0.15, 0.2) is 0 Å². The number of rotatable bonds is 4. The van der Waals surface area contributed by atoms with E-state index in [4.69, 9.17) is 5.73 Å². The van der Waals surface area contributed by atoms with Gasteiger partial charge in [0.1, 0.15) is 11.6 Å². The molecule has 2 rings (SSSR count). The second-order valence-electron chi connectivity index (χ2n) is 4.98. The summed E-state index contributed by atoms with van der Waals surface area (Å²) in [6.07, 6.45) is 2.89. The summed E-state index contributed by atoms with van der Waals surface area (Å²) in [5, 5.41) is 3.03. The maximum Gasteiger partial charge on any atom is 0.340 e. The number of carbonyl (C=O) groups is 1. The van der Waals surface area contributed by atoms with Gasteiger partial charge in [-0.15, -0.1) is 0 Å². The monoisotopic (exact) mass is 284 g/mol. The van der Waals surface area contributed by atoms with Crippen molar-refractivity contribution in [3.8, 4) is 0 Å². The van der Waals surface area contributed by atoms with Crippen molar-refractivity contribution in [2.75, 3.05) is 19.0 Å². The minimum Gasteiger partial charge on any atom is -0.465 e. The molecule has 2 atom stereocenters. The number of halogens is 2. The van der Waals surface area contributed by atoms with Gasteiger partial charge in [-0.1, -0.05) is 6.42 Å². The lowest BCUT2D eigenvalue weighted by Crippen LogP contribution is -2.30. The summed E-state index contributed by atoms with van der Waals surface area (Å²) in [7, 11) is 1.15. The summed E-state index contributed by atoms with van der Waals surface area (Å²) in [6, 6.07) is 1.90. The van der Waals surface area contributed by atoms with Gasteiger partial charge in [0.05, 0.1) is 18.4 Å². The van der Waals surface area contributed by atoms with Crippen LogP contribution in [0.25, 0.3) is 0 Å². The quantitative estimate of drug-likeness (QED) is 0.833. The molecule has 0 saturated heterocycles.